The molecule has 0 radical (unpaired) electrons. The van der Waals surface area contributed by atoms with E-state index in [1.54, 1.807) is 13.8 Å². The Morgan fingerprint density at radius 1 is 0.361 bits per heavy atom. The van der Waals surface area contributed by atoms with Gasteiger partial charge < -0.3 is 44.1 Å². The molecule has 0 fully saturated rings. The SMILES string of the molecule is CCC(COCC(CC)(COC(=O)c1ccccc1C(=O)O)COC(=O)c1ccccc1C(=O)O)(COC(=O)c1ccccc1C(=O)O)COC(=O)c1ccccc1C(=O)O. The first kappa shape index (κ1) is 46.3. The van der Waals surface area contributed by atoms with Crippen LogP contribution >= 0.6 is 0 Å². The predicted molar refractivity (Wildman–Crippen MR) is 211 cm³/mol. The van der Waals surface area contributed by atoms with E-state index < -0.39 is 85.0 Å². The van der Waals surface area contributed by atoms with Crippen LogP contribution in [0.3, 0.4) is 0 Å². The number of carbonyl (C=O) groups is 8. The lowest BCUT2D eigenvalue weighted by molar-refractivity contribution is -0.0878. The van der Waals surface area contributed by atoms with Gasteiger partial charge in [0.1, 0.15) is 26.4 Å². The van der Waals surface area contributed by atoms with Gasteiger partial charge >= 0.3 is 47.8 Å². The molecule has 0 atom stereocenters. The second-order valence-corrected chi connectivity index (χ2v) is 13.9. The molecular weight excluding hydrogens is 800 g/mol. The molecule has 0 saturated carbocycles. The molecule has 0 heterocycles. The molecule has 0 bridgehead atoms. The first-order valence-corrected chi connectivity index (χ1v) is 18.6. The van der Waals surface area contributed by atoms with Crippen molar-refractivity contribution in [2.24, 2.45) is 10.8 Å². The second-order valence-electron chi connectivity index (χ2n) is 13.9. The second kappa shape index (κ2) is 21.0. The summed E-state index contributed by atoms with van der Waals surface area (Å²) in [7, 11) is 0. The summed E-state index contributed by atoms with van der Waals surface area (Å²) in [5, 5.41) is 38.6. The van der Waals surface area contributed by atoms with Crippen molar-refractivity contribution in [3.8, 4) is 0 Å². The van der Waals surface area contributed by atoms with E-state index in [2.05, 4.69) is 0 Å². The van der Waals surface area contributed by atoms with Crippen LogP contribution in [0.2, 0.25) is 0 Å². The fraction of sp³-hybridized carbons (Fsp3) is 0.273. The van der Waals surface area contributed by atoms with Gasteiger partial charge in [0.2, 0.25) is 0 Å². The van der Waals surface area contributed by atoms with Gasteiger partial charge in [-0.2, -0.15) is 0 Å². The van der Waals surface area contributed by atoms with Gasteiger partial charge in [-0.15, -0.1) is 0 Å². The van der Waals surface area contributed by atoms with Crippen molar-refractivity contribution >= 4 is 47.8 Å². The van der Waals surface area contributed by atoms with Crippen molar-refractivity contribution in [2.45, 2.75) is 26.7 Å². The zero-order valence-electron chi connectivity index (χ0n) is 33.0. The molecule has 17 heteroatoms. The van der Waals surface area contributed by atoms with E-state index in [0.717, 1.165) is 0 Å². The minimum atomic E-state index is -1.39. The lowest BCUT2D eigenvalue weighted by Crippen LogP contribution is -2.42. The molecule has 0 spiro atoms. The highest BCUT2D eigenvalue weighted by Crippen LogP contribution is 2.30. The van der Waals surface area contributed by atoms with Crippen LogP contribution in [0.15, 0.2) is 97.1 Å². The van der Waals surface area contributed by atoms with E-state index in [-0.39, 0.29) is 70.6 Å². The van der Waals surface area contributed by atoms with Gasteiger partial charge in [-0.3, -0.25) is 0 Å². The van der Waals surface area contributed by atoms with Crippen LogP contribution in [-0.4, -0.2) is 108 Å². The predicted octanol–water partition coefficient (Wildman–Crippen LogP) is 6.02. The first-order valence-electron chi connectivity index (χ1n) is 18.6. The highest BCUT2D eigenvalue weighted by Gasteiger charge is 2.38. The van der Waals surface area contributed by atoms with E-state index in [4.69, 9.17) is 23.7 Å². The Hall–Kier alpha value is -7.40. The fourth-order valence-electron chi connectivity index (χ4n) is 5.92. The number of carboxylic acids is 4. The minimum absolute atomic E-state index is 0.0791. The minimum Gasteiger partial charge on any atom is -0.478 e. The van der Waals surface area contributed by atoms with Crippen molar-refractivity contribution in [3.63, 3.8) is 0 Å². The number of rotatable bonds is 22. The van der Waals surface area contributed by atoms with Crippen LogP contribution in [0.5, 0.6) is 0 Å². The van der Waals surface area contributed by atoms with Crippen molar-refractivity contribution in [1.29, 1.82) is 0 Å². The van der Waals surface area contributed by atoms with Gasteiger partial charge in [-0.25, -0.2) is 38.4 Å². The molecule has 0 aliphatic rings. The summed E-state index contributed by atoms with van der Waals surface area (Å²) in [6.45, 7) is 0.458. The maximum atomic E-state index is 13.3. The van der Waals surface area contributed by atoms with Crippen LogP contribution < -0.4 is 0 Å². The maximum absolute atomic E-state index is 13.3. The highest BCUT2D eigenvalue weighted by atomic mass is 16.6. The molecule has 0 aliphatic heterocycles. The topological polar surface area (TPSA) is 264 Å². The third-order valence-corrected chi connectivity index (χ3v) is 9.86. The standard InChI is InChI=1S/C44H42O17/c1-3-43(23-58-39(53)31-17-9-5-13-27(31)35(45)46,24-59-40(54)32-18-10-6-14-28(32)36(47)48)21-57-22-44(4-2,25-60-41(55)33-19-11-7-15-29(33)37(49)50)26-61-42(56)34-20-12-8-16-30(34)38(51)52/h5-20H,3-4,21-26H2,1-2H3,(H,45,46)(H,47,48)(H,49,50)(H,51,52). The first-order chi connectivity index (χ1) is 29.1. The molecule has 4 N–H and O–H groups in total. The van der Waals surface area contributed by atoms with Crippen molar-refractivity contribution in [1.82, 2.24) is 0 Å². The number of esters is 4. The molecule has 0 saturated heterocycles. The Bertz CT molecular complexity index is 1990. The normalized spacial score (nSPS) is 11.2. The molecule has 61 heavy (non-hydrogen) atoms. The zero-order valence-corrected chi connectivity index (χ0v) is 33.0. The number of benzene rings is 4. The van der Waals surface area contributed by atoms with Crippen LogP contribution in [-0.2, 0) is 23.7 Å². The summed E-state index contributed by atoms with van der Waals surface area (Å²) >= 11 is 0. The smallest absolute Gasteiger partial charge is 0.339 e. The largest absolute Gasteiger partial charge is 0.478 e. The summed E-state index contributed by atoms with van der Waals surface area (Å²) in [5.41, 5.74) is -5.20. The average molecular weight is 843 g/mol. The lowest BCUT2D eigenvalue weighted by Gasteiger charge is -2.35. The van der Waals surface area contributed by atoms with Gasteiger partial charge in [-0.1, -0.05) is 62.4 Å². The quantitative estimate of drug-likeness (QED) is 0.0521. The van der Waals surface area contributed by atoms with Gasteiger partial charge in [0.15, 0.2) is 0 Å². The van der Waals surface area contributed by atoms with Crippen LogP contribution in [0.25, 0.3) is 0 Å². The summed E-state index contributed by atoms with van der Waals surface area (Å²) in [6.07, 6.45) is 0.158. The van der Waals surface area contributed by atoms with Crippen LogP contribution in [0.4, 0.5) is 0 Å². The number of hydrogen-bond donors (Lipinski definition) is 4. The number of carboxylic acid groups (broad SMARTS) is 4. The Morgan fingerprint density at radius 2 is 0.557 bits per heavy atom. The molecule has 0 aromatic heterocycles. The molecule has 0 unspecified atom stereocenters. The van der Waals surface area contributed by atoms with Crippen molar-refractivity contribution < 1.29 is 82.5 Å². The van der Waals surface area contributed by atoms with Gasteiger partial charge in [0.25, 0.3) is 0 Å². The summed E-state index contributed by atoms with van der Waals surface area (Å²) < 4.78 is 28.6. The monoisotopic (exact) mass is 842 g/mol. The Morgan fingerprint density at radius 3 is 0.738 bits per heavy atom. The Labute approximate surface area is 348 Å². The number of ether oxygens (including phenoxy) is 5. The van der Waals surface area contributed by atoms with Crippen LogP contribution in [0, 0.1) is 10.8 Å². The highest BCUT2D eigenvalue weighted by molar-refractivity contribution is 6.04. The average Bonchev–Trinajstić information content (AvgIpc) is 3.27. The van der Waals surface area contributed by atoms with E-state index >= 15 is 0 Å². The fourth-order valence-corrected chi connectivity index (χ4v) is 5.92. The van der Waals surface area contributed by atoms with Crippen molar-refractivity contribution in [2.75, 3.05) is 39.6 Å². The summed E-state index contributed by atoms with van der Waals surface area (Å²) in [4.78, 5) is 100. The Kier molecular flexibility index (Phi) is 16.0. The molecule has 0 amide bonds. The maximum Gasteiger partial charge on any atom is 0.339 e. The lowest BCUT2D eigenvalue weighted by atomic mass is 9.86. The molecule has 4 aromatic rings. The number of hydrogen-bond acceptors (Lipinski definition) is 13. The van der Waals surface area contributed by atoms with E-state index in [0.29, 0.717) is 0 Å². The number of aromatic carboxylic acids is 4. The third-order valence-electron chi connectivity index (χ3n) is 9.86. The molecule has 17 nitrogen and oxygen atoms in total. The third kappa shape index (κ3) is 11.9. The molecular formula is C44H42O17. The number of carbonyl (C=O) groups excluding carboxylic acids is 4. The van der Waals surface area contributed by atoms with E-state index in [1.807, 2.05) is 0 Å². The van der Waals surface area contributed by atoms with Crippen molar-refractivity contribution in [3.05, 3.63) is 142 Å². The van der Waals surface area contributed by atoms with E-state index in [1.165, 1.54) is 97.1 Å². The molecule has 4 aromatic carbocycles. The van der Waals surface area contributed by atoms with Gasteiger partial charge in [0.05, 0.1) is 68.6 Å². The Balaban J connectivity index is 1.65. The van der Waals surface area contributed by atoms with Gasteiger partial charge in [0, 0.05) is 0 Å². The molecule has 4 rings (SSSR count). The van der Waals surface area contributed by atoms with E-state index in [9.17, 15) is 58.8 Å². The summed E-state index contributed by atoms with van der Waals surface area (Å²) in [6, 6.07) is 21.3. The molecule has 0 aliphatic carbocycles. The summed E-state index contributed by atoms with van der Waals surface area (Å²) in [5.74, 6) is -9.66. The van der Waals surface area contributed by atoms with Crippen LogP contribution in [0.1, 0.15) is 110 Å². The molecule has 320 valence electrons. The van der Waals surface area contributed by atoms with Gasteiger partial charge in [-0.05, 0) is 61.4 Å². The zero-order chi connectivity index (χ0) is 44.7.